The largest absolute Gasteiger partial charge is 0.377 e. The van der Waals surface area contributed by atoms with Gasteiger partial charge in [0, 0.05) is 19.1 Å². The Morgan fingerprint density at radius 3 is 2.70 bits per heavy atom. The monoisotopic (exact) mass is 306 g/mol. The summed E-state index contributed by atoms with van der Waals surface area (Å²) in [4.78, 5) is 2.47. The summed E-state index contributed by atoms with van der Waals surface area (Å²) < 4.78 is 0.849. The molecule has 1 aliphatic heterocycles. The van der Waals surface area contributed by atoms with Crippen LogP contribution in [0, 0.1) is 0 Å². The predicted molar refractivity (Wildman–Crippen MR) is 89.3 cm³/mol. The van der Waals surface area contributed by atoms with Gasteiger partial charge < -0.3 is 10.2 Å². The smallest absolute Gasteiger partial charge is 0.0931 e. The van der Waals surface area contributed by atoms with E-state index in [0.29, 0.717) is 0 Å². The molecule has 1 saturated heterocycles. The third-order valence-electron chi connectivity index (χ3n) is 3.81. The quantitative estimate of drug-likeness (QED) is 0.837. The number of hydrogen-bond donors (Lipinski definition) is 1. The first-order chi connectivity index (χ1) is 9.74. The van der Waals surface area contributed by atoms with Crippen molar-refractivity contribution in [2.24, 2.45) is 0 Å². The lowest BCUT2D eigenvalue weighted by Crippen LogP contribution is -2.19. The Hall–Kier alpha value is -1.19. The number of nitrogens with zero attached hydrogens (tertiary/aromatic N) is 1. The van der Waals surface area contributed by atoms with Gasteiger partial charge in [-0.3, -0.25) is 0 Å². The van der Waals surface area contributed by atoms with Gasteiger partial charge in [-0.1, -0.05) is 23.7 Å². The topological polar surface area (TPSA) is 15.3 Å². The van der Waals surface area contributed by atoms with Crippen molar-refractivity contribution in [2.75, 3.05) is 23.3 Å². The van der Waals surface area contributed by atoms with E-state index in [1.807, 2.05) is 6.07 Å². The Labute approximate surface area is 129 Å². The van der Waals surface area contributed by atoms with Gasteiger partial charge in [0.1, 0.15) is 0 Å². The van der Waals surface area contributed by atoms with Gasteiger partial charge in [0.05, 0.1) is 15.7 Å². The van der Waals surface area contributed by atoms with Crippen LogP contribution in [0.1, 0.15) is 31.4 Å². The molecule has 0 saturated carbocycles. The lowest BCUT2D eigenvalue weighted by molar-refractivity contribution is 0.883. The zero-order valence-corrected chi connectivity index (χ0v) is 13.2. The molecule has 1 N–H and O–H groups in total. The summed E-state index contributed by atoms with van der Waals surface area (Å²) in [6.07, 6.45) is 2.59. The summed E-state index contributed by atoms with van der Waals surface area (Å²) in [5, 5.41) is 5.75. The van der Waals surface area contributed by atoms with E-state index in [1.54, 1.807) is 11.3 Å². The standard InChI is InChI=1S/C16H19ClN2S/c1-12(13-10-16(17)20-11-13)18-14-6-2-3-7-15(14)19-8-4-5-9-19/h2-3,6-7,10-12,18H,4-5,8-9H2,1H3. The molecule has 1 aromatic heterocycles. The molecule has 2 heterocycles. The summed E-state index contributed by atoms with van der Waals surface area (Å²) >= 11 is 7.61. The Kier molecular flexibility index (Phi) is 4.18. The minimum absolute atomic E-state index is 0.266. The minimum Gasteiger partial charge on any atom is -0.377 e. The molecule has 106 valence electrons. The number of para-hydroxylation sites is 2. The molecule has 0 amide bonds. The second-order valence-corrected chi connectivity index (χ2v) is 6.80. The third-order valence-corrected chi connectivity index (χ3v) is 4.92. The van der Waals surface area contributed by atoms with Crippen LogP contribution in [0.2, 0.25) is 4.34 Å². The Morgan fingerprint density at radius 2 is 2.00 bits per heavy atom. The van der Waals surface area contributed by atoms with Crippen LogP contribution < -0.4 is 10.2 Å². The molecule has 0 bridgehead atoms. The van der Waals surface area contributed by atoms with Crippen LogP contribution in [0.5, 0.6) is 0 Å². The summed E-state index contributed by atoms with van der Waals surface area (Å²) in [5.41, 5.74) is 3.78. The van der Waals surface area contributed by atoms with E-state index in [4.69, 9.17) is 11.6 Å². The van der Waals surface area contributed by atoms with Gasteiger partial charge in [-0.05, 0) is 48.9 Å². The molecular weight excluding hydrogens is 288 g/mol. The summed E-state index contributed by atoms with van der Waals surface area (Å²) in [5.74, 6) is 0. The number of nitrogens with one attached hydrogen (secondary N) is 1. The van der Waals surface area contributed by atoms with E-state index in [0.717, 1.165) is 17.4 Å². The first-order valence-corrected chi connectivity index (χ1v) is 8.34. The fourth-order valence-corrected chi connectivity index (χ4v) is 3.68. The highest BCUT2D eigenvalue weighted by molar-refractivity contribution is 7.14. The van der Waals surface area contributed by atoms with Crippen molar-refractivity contribution in [3.05, 3.63) is 45.6 Å². The van der Waals surface area contributed by atoms with E-state index in [2.05, 4.69) is 46.8 Å². The molecule has 3 rings (SSSR count). The van der Waals surface area contributed by atoms with Gasteiger partial charge in [-0.15, -0.1) is 11.3 Å². The van der Waals surface area contributed by atoms with E-state index in [1.165, 1.54) is 29.8 Å². The van der Waals surface area contributed by atoms with E-state index >= 15 is 0 Å². The maximum absolute atomic E-state index is 6.02. The van der Waals surface area contributed by atoms with Crippen LogP contribution in [-0.2, 0) is 0 Å². The van der Waals surface area contributed by atoms with Crippen molar-refractivity contribution < 1.29 is 0 Å². The summed E-state index contributed by atoms with van der Waals surface area (Å²) in [6, 6.07) is 10.9. The van der Waals surface area contributed by atoms with Crippen LogP contribution in [0.25, 0.3) is 0 Å². The van der Waals surface area contributed by atoms with Crippen LogP contribution in [0.15, 0.2) is 35.7 Å². The molecular formula is C16H19ClN2S. The van der Waals surface area contributed by atoms with Gasteiger partial charge in [0.2, 0.25) is 0 Å². The fraction of sp³-hybridized carbons (Fsp3) is 0.375. The normalized spacial score (nSPS) is 16.4. The number of halogens is 1. The highest BCUT2D eigenvalue weighted by atomic mass is 35.5. The number of thiophene rings is 1. The molecule has 20 heavy (non-hydrogen) atoms. The molecule has 0 aliphatic carbocycles. The van der Waals surface area contributed by atoms with Crippen molar-refractivity contribution in [1.82, 2.24) is 0 Å². The molecule has 4 heteroatoms. The maximum atomic E-state index is 6.02. The summed E-state index contributed by atoms with van der Waals surface area (Å²) in [7, 11) is 0. The van der Waals surface area contributed by atoms with Gasteiger partial charge in [-0.2, -0.15) is 0 Å². The van der Waals surface area contributed by atoms with Crippen molar-refractivity contribution in [3.8, 4) is 0 Å². The molecule has 0 spiro atoms. The SMILES string of the molecule is CC(Nc1ccccc1N1CCCC1)c1csc(Cl)c1. The van der Waals surface area contributed by atoms with Crippen LogP contribution in [0.3, 0.4) is 0 Å². The fourth-order valence-electron chi connectivity index (χ4n) is 2.70. The van der Waals surface area contributed by atoms with Crippen molar-refractivity contribution in [2.45, 2.75) is 25.8 Å². The summed E-state index contributed by atoms with van der Waals surface area (Å²) in [6.45, 7) is 4.51. The Balaban J connectivity index is 1.79. The molecule has 0 radical (unpaired) electrons. The molecule has 1 fully saturated rings. The number of benzene rings is 1. The van der Waals surface area contributed by atoms with Crippen LogP contribution in [-0.4, -0.2) is 13.1 Å². The Morgan fingerprint density at radius 1 is 1.25 bits per heavy atom. The first kappa shape index (κ1) is 13.8. The average Bonchev–Trinajstić information content (AvgIpc) is 3.10. The second-order valence-electron chi connectivity index (χ2n) is 5.26. The van der Waals surface area contributed by atoms with Crippen LogP contribution in [0.4, 0.5) is 11.4 Å². The third kappa shape index (κ3) is 2.94. The highest BCUT2D eigenvalue weighted by Crippen LogP contribution is 2.32. The van der Waals surface area contributed by atoms with Crippen LogP contribution >= 0.6 is 22.9 Å². The molecule has 1 aromatic carbocycles. The highest BCUT2D eigenvalue weighted by Gasteiger charge is 2.16. The van der Waals surface area contributed by atoms with Crippen molar-refractivity contribution in [1.29, 1.82) is 0 Å². The molecule has 1 unspecified atom stereocenters. The second kappa shape index (κ2) is 6.06. The zero-order chi connectivity index (χ0) is 13.9. The molecule has 2 nitrogen and oxygen atoms in total. The predicted octanol–water partition coefficient (Wildman–Crippen LogP) is 5.17. The molecule has 2 aromatic rings. The first-order valence-electron chi connectivity index (χ1n) is 7.08. The van der Waals surface area contributed by atoms with Crippen molar-refractivity contribution >= 4 is 34.3 Å². The lowest BCUT2D eigenvalue weighted by atomic mass is 10.1. The van der Waals surface area contributed by atoms with Gasteiger partial charge in [0.25, 0.3) is 0 Å². The number of hydrogen-bond acceptors (Lipinski definition) is 3. The lowest BCUT2D eigenvalue weighted by Gasteiger charge is -2.24. The van der Waals surface area contributed by atoms with Gasteiger partial charge in [-0.25, -0.2) is 0 Å². The van der Waals surface area contributed by atoms with E-state index in [9.17, 15) is 0 Å². The number of rotatable bonds is 4. The van der Waals surface area contributed by atoms with E-state index < -0.39 is 0 Å². The van der Waals surface area contributed by atoms with Gasteiger partial charge >= 0.3 is 0 Å². The van der Waals surface area contributed by atoms with Crippen molar-refractivity contribution in [3.63, 3.8) is 0 Å². The molecule has 1 aliphatic rings. The zero-order valence-electron chi connectivity index (χ0n) is 11.6. The number of anilines is 2. The maximum Gasteiger partial charge on any atom is 0.0931 e. The average molecular weight is 307 g/mol. The molecule has 1 atom stereocenters. The Bertz CT molecular complexity index is 575. The minimum atomic E-state index is 0.266. The van der Waals surface area contributed by atoms with E-state index in [-0.39, 0.29) is 6.04 Å². The van der Waals surface area contributed by atoms with Gasteiger partial charge in [0.15, 0.2) is 0 Å².